The summed E-state index contributed by atoms with van der Waals surface area (Å²) in [6, 6.07) is 4.65. The first-order valence-electron chi connectivity index (χ1n) is 8.19. The molecule has 0 aromatic heterocycles. The highest BCUT2D eigenvalue weighted by molar-refractivity contribution is 6.35. The number of halogens is 2. The van der Waals surface area contributed by atoms with Crippen molar-refractivity contribution in [2.75, 3.05) is 25.0 Å². The molecule has 1 heterocycles. The van der Waals surface area contributed by atoms with Crippen LogP contribution in [-0.4, -0.2) is 37.6 Å². The maximum Gasteiger partial charge on any atom is 0.314 e. The van der Waals surface area contributed by atoms with Gasteiger partial charge in [0.05, 0.1) is 30.4 Å². The molecule has 1 aliphatic heterocycles. The van der Waals surface area contributed by atoms with E-state index in [1.54, 1.807) is 25.1 Å². The summed E-state index contributed by atoms with van der Waals surface area (Å²) in [6.45, 7) is 5.51. The molecule has 3 atom stereocenters. The Bertz CT molecular complexity index is 609. The fourth-order valence-corrected chi connectivity index (χ4v) is 3.31. The molecule has 0 aliphatic carbocycles. The van der Waals surface area contributed by atoms with Crippen molar-refractivity contribution in [2.45, 2.75) is 32.7 Å². The van der Waals surface area contributed by atoms with Crippen LogP contribution < -0.4 is 10.2 Å². The van der Waals surface area contributed by atoms with Crippen LogP contribution in [0.4, 0.5) is 5.69 Å². The lowest BCUT2D eigenvalue weighted by atomic mass is 9.97. The molecule has 1 aromatic carbocycles. The molecule has 1 unspecified atom stereocenters. The number of rotatable bonds is 5. The van der Waals surface area contributed by atoms with E-state index in [1.807, 2.05) is 6.92 Å². The van der Waals surface area contributed by atoms with Crippen molar-refractivity contribution in [1.29, 1.82) is 0 Å². The fraction of sp³-hybridized carbons (Fsp3) is 0.529. The Kier molecular flexibility index (Phi) is 6.90. The molecule has 1 amide bonds. The predicted octanol–water partition coefficient (Wildman–Crippen LogP) is 2.18. The van der Waals surface area contributed by atoms with Crippen LogP contribution in [0.2, 0.25) is 10.0 Å². The summed E-state index contributed by atoms with van der Waals surface area (Å²) in [4.78, 5) is 25.5. The Balaban J connectivity index is 1.99. The predicted molar refractivity (Wildman–Crippen MR) is 94.6 cm³/mol. The van der Waals surface area contributed by atoms with Crippen molar-refractivity contribution in [3.8, 4) is 0 Å². The number of ether oxygens (including phenoxy) is 1. The molecule has 1 saturated heterocycles. The molecule has 7 heteroatoms. The van der Waals surface area contributed by atoms with Gasteiger partial charge in [0.1, 0.15) is 5.92 Å². The van der Waals surface area contributed by atoms with Gasteiger partial charge in [-0.05, 0) is 44.9 Å². The monoisotopic (exact) mass is 373 g/mol. The average Bonchev–Trinajstić information content (AvgIpc) is 2.57. The SMILES string of the molecule is CCOC(=O)[C@H]1CCC[NH+]([C@@H](C)C(=O)Nc2cc(Cl)ccc2Cl)C1. The zero-order chi connectivity index (χ0) is 17.7. The summed E-state index contributed by atoms with van der Waals surface area (Å²) < 4.78 is 5.11. The minimum Gasteiger partial charge on any atom is -0.466 e. The summed E-state index contributed by atoms with van der Waals surface area (Å²) in [5, 5.41) is 3.78. The molecule has 1 aromatic rings. The summed E-state index contributed by atoms with van der Waals surface area (Å²) in [5.41, 5.74) is 0.499. The quantitative estimate of drug-likeness (QED) is 0.777. The van der Waals surface area contributed by atoms with Gasteiger partial charge in [0.15, 0.2) is 6.04 Å². The number of amides is 1. The van der Waals surface area contributed by atoms with Crippen molar-refractivity contribution in [3.63, 3.8) is 0 Å². The van der Waals surface area contributed by atoms with Crippen LogP contribution >= 0.6 is 23.2 Å². The smallest absolute Gasteiger partial charge is 0.314 e. The number of quaternary nitrogens is 1. The van der Waals surface area contributed by atoms with E-state index in [1.165, 1.54) is 0 Å². The highest BCUT2D eigenvalue weighted by Crippen LogP contribution is 2.25. The highest BCUT2D eigenvalue weighted by Gasteiger charge is 2.35. The third-order valence-electron chi connectivity index (χ3n) is 4.37. The number of hydrogen-bond acceptors (Lipinski definition) is 3. The number of anilines is 1. The van der Waals surface area contributed by atoms with Crippen LogP contribution in [0.5, 0.6) is 0 Å². The number of esters is 1. The fourth-order valence-electron chi connectivity index (χ4n) is 2.97. The second kappa shape index (κ2) is 8.70. The van der Waals surface area contributed by atoms with Gasteiger partial charge >= 0.3 is 5.97 Å². The summed E-state index contributed by atoms with van der Waals surface area (Å²) in [7, 11) is 0. The molecular formula is C17H23Cl2N2O3+. The minimum atomic E-state index is -0.294. The van der Waals surface area contributed by atoms with E-state index in [2.05, 4.69) is 5.32 Å². The molecule has 5 nitrogen and oxygen atoms in total. The van der Waals surface area contributed by atoms with E-state index < -0.39 is 0 Å². The van der Waals surface area contributed by atoms with Gasteiger partial charge in [-0.1, -0.05) is 23.2 Å². The molecule has 0 radical (unpaired) electrons. The van der Waals surface area contributed by atoms with Gasteiger partial charge < -0.3 is 15.0 Å². The first-order chi connectivity index (χ1) is 11.4. The van der Waals surface area contributed by atoms with Crippen molar-refractivity contribution in [2.24, 2.45) is 5.92 Å². The van der Waals surface area contributed by atoms with Crippen LogP contribution in [0.3, 0.4) is 0 Å². The van der Waals surface area contributed by atoms with Crippen LogP contribution in [0.1, 0.15) is 26.7 Å². The number of likely N-dealkylation sites (tertiary alicyclic amines) is 1. The van der Waals surface area contributed by atoms with Crippen LogP contribution in [-0.2, 0) is 14.3 Å². The molecule has 132 valence electrons. The lowest BCUT2D eigenvalue weighted by Gasteiger charge is -2.32. The van der Waals surface area contributed by atoms with E-state index >= 15 is 0 Å². The lowest BCUT2D eigenvalue weighted by Crippen LogP contribution is -3.18. The van der Waals surface area contributed by atoms with E-state index in [9.17, 15) is 9.59 Å². The number of benzene rings is 1. The van der Waals surface area contributed by atoms with Gasteiger partial charge in [-0.2, -0.15) is 0 Å². The zero-order valence-electron chi connectivity index (χ0n) is 13.9. The number of piperidine rings is 1. The van der Waals surface area contributed by atoms with Gasteiger partial charge in [0, 0.05) is 5.02 Å². The van der Waals surface area contributed by atoms with Gasteiger partial charge in [0.25, 0.3) is 5.91 Å². The third-order valence-corrected chi connectivity index (χ3v) is 4.94. The van der Waals surface area contributed by atoms with Crippen LogP contribution in [0, 0.1) is 5.92 Å². The van der Waals surface area contributed by atoms with Gasteiger partial charge in [-0.25, -0.2) is 0 Å². The maximum atomic E-state index is 12.5. The van der Waals surface area contributed by atoms with Gasteiger partial charge in [-0.3, -0.25) is 9.59 Å². The largest absolute Gasteiger partial charge is 0.466 e. The van der Waals surface area contributed by atoms with Gasteiger partial charge in [0.2, 0.25) is 0 Å². The number of carbonyl (C=O) groups is 2. The molecule has 2 N–H and O–H groups in total. The molecule has 24 heavy (non-hydrogen) atoms. The third kappa shape index (κ3) is 4.85. The minimum absolute atomic E-state index is 0.140. The molecule has 2 rings (SSSR count). The zero-order valence-corrected chi connectivity index (χ0v) is 15.4. The molecule has 0 bridgehead atoms. The van der Waals surface area contributed by atoms with Crippen molar-refractivity contribution >= 4 is 40.8 Å². The second-order valence-electron chi connectivity index (χ2n) is 6.04. The standard InChI is InChI=1S/C17H22Cl2N2O3/c1-3-24-17(23)12-5-4-8-21(10-12)11(2)16(22)20-15-9-13(18)6-7-14(15)19/h6-7,9,11-12H,3-5,8,10H2,1-2H3,(H,20,22)/p+1/t11-,12-/m0/s1. The number of carbonyl (C=O) groups excluding carboxylic acids is 2. The Hall–Kier alpha value is -1.30. The normalized spacial score (nSPS) is 21.8. The van der Waals surface area contributed by atoms with E-state index in [0.29, 0.717) is 28.9 Å². The van der Waals surface area contributed by atoms with Crippen molar-refractivity contribution < 1.29 is 19.2 Å². The van der Waals surface area contributed by atoms with Crippen LogP contribution in [0.15, 0.2) is 18.2 Å². The van der Waals surface area contributed by atoms with E-state index in [-0.39, 0.29) is 23.8 Å². The first kappa shape index (κ1) is 19.0. The second-order valence-corrected chi connectivity index (χ2v) is 6.88. The molecular weight excluding hydrogens is 351 g/mol. The molecule has 1 aliphatic rings. The highest BCUT2D eigenvalue weighted by atomic mass is 35.5. The van der Waals surface area contributed by atoms with Crippen molar-refractivity contribution in [3.05, 3.63) is 28.2 Å². The molecule has 0 saturated carbocycles. The molecule has 1 fully saturated rings. The van der Waals surface area contributed by atoms with Gasteiger partial charge in [-0.15, -0.1) is 0 Å². The Labute approximate surface area is 152 Å². The summed E-state index contributed by atoms with van der Waals surface area (Å²) in [5.74, 6) is -0.447. The topological polar surface area (TPSA) is 59.8 Å². The Morgan fingerprint density at radius 1 is 1.42 bits per heavy atom. The molecule has 0 spiro atoms. The van der Waals surface area contributed by atoms with E-state index in [0.717, 1.165) is 24.3 Å². The Morgan fingerprint density at radius 2 is 2.17 bits per heavy atom. The van der Waals surface area contributed by atoms with Crippen LogP contribution in [0.25, 0.3) is 0 Å². The van der Waals surface area contributed by atoms with E-state index in [4.69, 9.17) is 27.9 Å². The average molecular weight is 374 g/mol. The summed E-state index contributed by atoms with van der Waals surface area (Å²) in [6.07, 6.45) is 1.71. The number of hydrogen-bond donors (Lipinski definition) is 2. The summed E-state index contributed by atoms with van der Waals surface area (Å²) >= 11 is 12.0. The van der Waals surface area contributed by atoms with Crippen molar-refractivity contribution in [1.82, 2.24) is 0 Å². The number of nitrogens with one attached hydrogen (secondary N) is 2. The lowest BCUT2D eigenvalue weighted by molar-refractivity contribution is -0.921. The maximum absolute atomic E-state index is 12.5. The first-order valence-corrected chi connectivity index (χ1v) is 8.95. The Morgan fingerprint density at radius 3 is 2.88 bits per heavy atom.